The van der Waals surface area contributed by atoms with E-state index in [1.807, 2.05) is 11.3 Å². The van der Waals surface area contributed by atoms with Crippen LogP contribution in [-0.2, 0) is 5.41 Å². The molecule has 3 heteroatoms. The monoisotopic (exact) mass is 721 g/mol. The fourth-order valence-corrected chi connectivity index (χ4v) is 17.1. The van der Waals surface area contributed by atoms with Gasteiger partial charge in [-0.15, -0.1) is 11.3 Å². The lowest BCUT2D eigenvalue weighted by Gasteiger charge is -2.31. The van der Waals surface area contributed by atoms with E-state index in [0.29, 0.717) is 0 Å². The van der Waals surface area contributed by atoms with Crippen LogP contribution in [0.3, 0.4) is 0 Å². The average molecular weight is 722 g/mol. The predicted molar refractivity (Wildman–Crippen MR) is 233 cm³/mol. The van der Waals surface area contributed by atoms with E-state index >= 15 is 0 Å². The Morgan fingerprint density at radius 1 is 0.389 bits per heavy atom. The van der Waals surface area contributed by atoms with Crippen LogP contribution in [0, 0.1) is 0 Å². The van der Waals surface area contributed by atoms with Crippen molar-refractivity contribution in [2.75, 3.05) is 4.90 Å². The summed E-state index contributed by atoms with van der Waals surface area (Å²) >= 11 is 1.89. The third-order valence-corrected chi connectivity index (χ3v) is 18.8. The van der Waals surface area contributed by atoms with Gasteiger partial charge in [0, 0.05) is 42.6 Å². The van der Waals surface area contributed by atoms with Gasteiger partial charge >= 0.3 is 0 Å². The topological polar surface area (TPSA) is 3.24 Å². The van der Waals surface area contributed by atoms with E-state index in [2.05, 4.69) is 195 Å². The van der Waals surface area contributed by atoms with Crippen molar-refractivity contribution in [3.8, 4) is 33.4 Å². The molecule has 0 atom stereocenters. The van der Waals surface area contributed by atoms with Gasteiger partial charge in [0.05, 0.1) is 0 Å². The van der Waals surface area contributed by atoms with E-state index in [9.17, 15) is 0 Å². The molecule has 1 nitrogen and oxygen atoms in total. The number of benzene rings is 8. The second-order valence-electron chi connectivity index (χ2n) is 15.6. The number of thiophene rings is 1. The van der Waals surface area contributed by atoms with E-state index in [-0.39, 0.29) is 5.41 Å². The van der Waals surface area contributed by atoms with Crippen LogP contribution in [0.2, 0.25) is 0 Å². The van der Waals surface area contributed by atoms with Crippen LogP contribution in [-0.4, -0.2) is 8.07 Å². The molecular weight excluding hydrogens is 687 g/mol. The number of anilines is 3. The highest BCUT2D eigenvalue weighted by atomic mass is 32.1. The van der Waals surface area contributed by atoms with E-state index < -0.39 is 8.07 Å². The van der Waals surface area contributed by atoms with Gasteiger partial charge in [0.25, 0.3) is 0 Å². The second kappa shape index (κ2) is 10.8. The summed E-state index contributed by atoms with van der Waals surface area (Å²) < 4.78 is 2.64. The molecule has 1 spiro atoms. The van der Waals surface area contributed by atoms with E-state index in [4.69, 9.17) is 0 Å². The summed E-state index contributed by atoms with van der Waals surface area (Å²) in [6.45, 7) is 4.76. The Hall–Kier alpha value is -6.00. The maximum Gasteiger partial charge on any atom is 0.182 e. The van der Waals surface area contributed by atoms with Gasteiger partial charge < -0.3 is 4.90 Å². The number of hydrogen-bond acceptors (Lipinski definition) is 2. The second-order valence-corrected chi connectivity index (χ2v) is 20.4. The van der Waals surface area contributed by atoms with E-state index in [0.717, 1.165) is 0 Å². The van der Waals surface area contributed by atoms with Gasteiger partial charge in [-0.1, -0.05) is 147 Å². The molecule has 3 heterocycles. The van der Waals surface area contributed by atoms with Crippen molar-refractivity contribution in [1.82, 2.24) is 0 Å². The molecule has 3 aliphatic rings. The molecule has 9 aromatic rings. The zero-order valence-electron chi connectivity index (χ0n) is 30.1. The molecule has 0 amide bonds. The van der Waals surface area contributed by atoms with E-state index in [1.165, 1.54) is 102 Å². The Kier molecular flexibility index (Phi) is 6.09. The standard InChI is InChI=1S/C51H35NSSi/c1-51(2)43-18-8-3-13-35(43)36-26-23-32(29-44(36)51)52(33-24-27-38-37-14-4-9-19-45(37)53-46(38)30-33)34-25-28-42-41-17-7-12-22-49(41)54(50(42)31-34)47-20-10-5-15-39(47)40-16-6-11-21-48(40)54/h3-31H,1-2H3. The number of hydrogen-bond donors (Lipinski definition) is 0. The molecular formula is C51H35NSSi. The van der Waals surface area contributed by atoms with Crippen LogP contribution < -0.4 is 25.6 Å². The van der Waals surface area contributed by atoms with Crippen molar-refractivity contribution < 1.29 is 0 Å². The quantitative estimate of drug-likeness (QED) is 0.164. The van der Waals surface area contributed by atoms with Gasteiger partial charge in [0.1, 0.15) is 0 Å². The number of rotatable bonds is 3. The first-order valence-electron chi connectivity index (χ1n) is 18.9. The molecule has 0 saturated heterocycles. The Bertz CT molecular complexity index is 2990. The Morgan fingerprint density at radius 2 is 0.870 bits per heavy atom. The lowest BCUT2D eigenvalue weighted by molar-refractivity contribution is 0.660. The molecule has 0 radical (unpaired) electrons. The predicted octanol–water partition coefficient (Wildman–Crippen LogP) is 11.2. The van der Waals surface area contributed by atoms with Gasteiger partial charge in [-0.05, 0) is 108 Å². The van der Waals surface area contributed by atoms with Crippen molar-refractivity contribution in [1.29, 1.82) is 0 Å². The van der Waals surface area contributed by atoms with Crippen LogP contribution in [0.25, 0.3) is 53.6 Å². The van der Waals surface area contributed by atoms with Gasteiger partial charge in [0.15, 0.2) is 8.07 Å². The van der Waals surface area contributed by atoms with Crippen LogP contribution in [0.5, 0.6) is 0 Å². The summed E-state index contributed by atoms with van der Waals surface area (Å²) in [5, 5.41) is 8.65. The van der Waals surface area contributed by atoms with Crippen molar-refractivity contribution in [2.45, 2.75) is 19.3 Å². The van der Waals surface area contributed by atoms with Crippen LogP contribution >= 0.6 is 11.3 Å². The lowest BCUT2D eigenvalue weighted by Crippen LogP contribution is -2.70. The molecule has 1 aromatic heterocycles. The molecule has 0 fully saturated rings. The molecule has 0 bridgehead atoms. The minimum absolute atomic E-state index is 0.100. The van der Waals surface area contributed by atoms with Crippen LogP contribution in [0.1, 0.15) is 25.0 Å². The summed E-state index contributed by atoms with van der Waals surface area (Å²) in [6, 6.07) is 67.1. The molecule has 0 N–H and O–H groups in total. The van der Waals surface area contributed by atoms with Crippen molar-refractivity contribution in [3.05, 3.63) is 187 Å². The minimum Gasteiger partial charge on any atom is -0.310 e. The average Bonchev–Trinajstić information content (AvgIpc) is 3.90. The third kappa shape index (κ3) is 3.83. The summed E-state index contributed by atoms with van der Waals surface area (Å²) in [5.74, 6) is 0. The van der Waals surface area contributed by atoms with Gasteiger partial charge in [-0.3, -0.25) is 0 Å². The van der Waals surface area contributed by atoms with Crippen LogP contribution in [0.15, 0.2) is 176 Å². The largest absolute Gasteiger partial charge is 0.310 e. The first kappa shape index (κ1) is 30.5. The minimum atomic E-state index is -2.60. The van der Waals surface area contributed by atoms with Crippen molar-refractivity contribution in [2.24, 2.45) is 0 Å². The molecule has 0 unspecified atom stereocenters. The summed E-state index contributed by atoms with van der Waals surface area (Å²) in [4.78, 5) is 2.53. The van der Waals surface area contributed by atoms with Crippen molar-refractivity contribution in [3.63, 3.8) is 0 Å². The molecule has 12 rings (SSSR count). The molecule has 54 heavy (non-hydrogen) atoms. The smallest absolute Gasteiger partial charge is 0.182 e. The Labute approximate surface area is 320 Å². The normalized spacial score (nSPS) is 14.8. The maximum atomic E-state index is 2.57. The molecule has 2 aliphatic heterocycles. The molecule has 8 aromatic carbocycles. The lowest BCUT2D eigenvalue weighted by atomic mass is 9.82. The maximum absolute atomic E-state index is 2.60. The van der Waals surface area contributed by atoms with Gasteiger partial charge in [-0.2, -0.15) is 0 Å². The third-order valence-electron chi connectivity index (χ3n) is 12.7. The highest BCUT2D eigenvalue weighted by Crippen LogP contribution is 2.51. The highest BCUT2D eigenvalue weighted by Gasteiger charge is 2.54. The molecule has 1 aliphatic carbocycles. The molecule has 0 saturated carbocycles. The Balaban J connectivity index is 1.13. The van der Waals surface area contributed by atoms with Crippen LogP contribution in [0.4, 0.5) is 17.1 Å². The fourth-order valence-electron chi connectivity index (χ4n) is 10.4. The summed E-state index contributed by atoms with van der Waals surface area (Å²) in [6.07, 6.45) is 0. The van der Waals surface area contributed by atoms with E-state index in [1.54, 1.807) is 0 Å². The first-order chi connectivity index (χ1) is 26.5. The van der Waals surface area contributed by atoms with Crippen molar-refractivity contribution >= 4 is 77.4 Å². The summed E-state index contributed by atoms with van der Waals surface area (Å²) in [7, 11) is -2.60. The van der Waals surface area contributed by atoms with Gasteiger partial charge in [-0.25, -0.2) is 0 Å². The number of fused-ring (bicyclic) bond motifs is 16. The zero-order valence-corrected chi connectivity index (χ0v) is 31.9. The first-order valence-corrected chi connectivity index (χ1v) is 21.7. The highest BCUT2D eigenvalue weighted by molar-refractivity contribution is 7.26. The summed E-state index contributed by atoms with van der Waals surface area (Å²) in [5.41, 5.74) is 14.5. The molecule has 254 valence electrons. The fraction of sp³-hybridized carbons (Fsp3) is 0.0588. The Morgan fingerprint density at radius 3 is 1.57 bits per heavy atom. The zero-order chi connectivity index (χ0) is 35.8. The van der Waals surface area contributed by atoms with Gasteiger partial charge in [0.2, 0.25) is 0 Å². The SMILES string of the molecule is CC1(C)c2ccccc2-c2ccc(N(c3ccc4c(c3)[Si]3(c5ccccc5-c5ccccc53)c3ccccc3-4)c3ccc4c(c3)sc3ccccc34)cc21. The number of nitrogens with zero attached hydrogens (tertiary/aromatic N) is 1.